The van der Waals surface area contributed by atoms with Gasteiger partial charge in [0.25, 0.3) is 0 Å². The van der Waals surface area contributed by atoms with Crippen molar-refractivity contribution in [2.24, 2.45) is 0 Å². The Bertz CT molecular complexity index is 539. The summed E-state index contributed by atoms with van der Waals surface area (Å²) in [6.07, 6.45) is 0.843. The largest absolute Gasteiger partial charge is 0.363 e. The predicted octanol–water partition coefficient (Wildman–Crippen LogP) is 4.24. The van der Waals surface area contributed by atoms with Gasteiger partial charge in [-0.25, -0.2) is 9.97 Å². The lowest BCUT2D eigenvalue weighted by atomic mass is 10.2. The quantitative estimate of drug-likeness (QED) is 0.911. The van der Waals surface area contributed by atoms with Crippen LogP contribution in [0.25, 0.3) is 0 Å². The molecule has 2 aromatic rings. The maximum absolute atomic E-state index is 5.95. The first kappa shape index (κ1) is 13.3. The molecule has 2 rings (SSSR count). The third-order valence-electron chi connectivity index (χ3n) is 2.60. The van der Waals surface area contributed by atoms with Gasteiger partial charge >= 0.3 is 0 Å². The minimum atomic E-state index is 0.196. The van der Waals surface area contributed by atoms with E-state index < -0.39 is 0 Å². The van der Waals surface area contributed by atoms with Gasteiger partial charge in [0.05, 0.1) is 10.4 Å². The summed E-state index contributed by atoms with van der Waals surface area (Å²) in [5, 5.41) is 3.39. The number of aryl methyl sites for hydroxylation is 2. The number of nitrogens with zero attached hydrogens (tertiary/aromatic N) is 2. The number of nitrogens with one attached hydrogen (secondary N) is 1. The van der Waals surface area contributed by atoms with Crippen LogP contribution in [0.15, 0.2) is 18.2 Å². The van der Waals surface area contributed by atoms with E-state index >= 15 is 0 Å². The summed E-state index contributed by atoms with van der Waals surface area (Å²) in [5.74, 6) is 1.74. The molecule has 1 unspecified atom stereocenters. The van der Waals surface area contributed by atoms with Gasteiger partial charge in [-0.05, 0) is 26.0 Å². The van der Waals surface area contributed by atoms with Crippen molar-refractivity contribution in [1.29, 1.82) is 0 Å². The topological polar surface area (TPSA) is 37.8 Å². The summed E-state index contributed by atoms with van der Waals surface area (Å²) in [6.45, 7) is 6.14. The maximum Gasteiger partial charge on any atom is 0.130 e. The second-order valence-electron chi connectivity index (χ2n) is 4.17. The molecule has 0 radical (unpaired) electrons. The van der Waals surface area contributed by atoms with Gasteiger partial charge in [-0.15, -0.1) is 11.3 Å². The van der Waals surface area contributed by atoms with Gasteiger partial charge in [-0.2, -0.15) is 0 Å². The number of anilines is 1. The molecule has 0 bridgehead atoms. The van der Waals surface area contributed by atoms with Crippen molar-refractivity contribution in [3.05, 3.63) is 38.9 Å². The molecule has 2 aromatic heterocycles. The predicted molar refractivity (Wildman–Crippen MR) is 77.5 cm³/mol. The molecule has 0 aliphatic rings. The Labute approximate surface area is 116 Å². The van der Waals surface area contributed by atoms with Gasteiger partial charge in [0.2, 0.25) is 0 Å². The lowest BCUT2D eigenvalue weighted by molar-refractivity contribution is 0.864. The Kier molecular flexibility index (Phi) is 4.19. The third kappa shape index (κ3) is 3.21. The molecule has 96 valence electrons. The van der Waals surface area contributed by atoms with Gasteiger partial charge in [-0.3, -0.25) is 0 Å². The fraction of sp³-hybridized carbons (Fsp3) is 0.385. The smallest absolute Gasteiger partial charge is 0.130 e. The number of halogens is 1. The Morgan fingerprint density at radius 1 is 1.39 bits per heavy atom. The van der Waals surface area contributed by atoms with E-state index in [1.165, 1.54) is 4.88 Å². The molecule has 0 fully saturated rings. The second-order valence-corrected chi connectivity index (χ2v) is 5.92. The van der Waals surface area contributed by atoms with E-state index in [0.717, 1.165) is 28.1 Å². The Hall–Kier alpha value is -1.13. The Balaban J connectivity index is 2.16. The molecule has 2 heterocycles. The minimum absolute atomic E-state index is 0.196. The van der Waals surface area contributed by atoms with Crippen molar-refractivity contribution in [3.8, 4) is 0 Å². The Morgan fingerprint density at radius 2 is 2.17 bits per heavy atom. The number of hydrogen-bond donors (Lipinski definition) is 1. The van der Waals surface area contributed by atoms with E-state index in [-0.39, 0.29) is 6.04 Å². The highest BCUT2D eigenvalue weighted by atomic mass is 35.5. The van der Waals surface area contributed by atoms with E-state index in [1.54, 1.807) is 11.3 Å². The van der Waals surface area contributed by atoms with Crippen molar-refractivity contribution in [2.45, 2.75) is 33.2 Å². The molecular weight excluding hydrogens is 266 g/mol. The number of hydrogen-bond acceptors (Lipinski definition) is 4. The average Bonchev–Trinajstić information content (AvgIpc) is 2.75. The molecule has 3 nitrogen and oxygen atoms in total. The van der Waals surface area contributed by atoms with Crippen LogP contribution >= 0.6 is 22.9 Å². The molecule has 1 N–H and O–H groups in total. The average molecular weight is 282 g/mol. The molecule has 18 heavy (non-hydrogen) atoms. The molecule has 0 amide bonds. The maximum atomic E-state index is 5.95. The van der Waals surface area contributed by atoms with Crippen LogP contribution in [0.5, 0.6) is 0 Å². The molecule has 0 saturated carbocycles. The summed E-state index contributed by atoms with van der Waals surface area (Å²) >= 11 is 7.53. The lowest BCUT2D eigenvalue weighted by Gasteiger charge is -2.13. The standard InChI is InChI=1S/C13H16ClN3S/c1-4-12-15-8(2)7-13(17-12)16-9(3)10-5-6-11(14)18-10/h5-7,9H,4H2,1-3H3,(H,15,16,17). The van der Waals surface area contributed by atoms with Crippen molar-refractivity contribution in [3.63, 3.8) is 0 Å². The van der Waals surface area contributed by atoms with Crippen LogP contribution in [-0.2, 0) is 6.42 Å². The molecule has 0 aliphatic carbocycles. The van der Waals surface area contributed by atoms with E-state index in [2.05, 4.69) is 29.1 Å². The van der Waals surface area contributed by atoms with E-state index in [0.29, 0.717) is 0 Å². The zero-order chi connectivity index (χ0) is 13.1. The molecular formula is C13H16ClN3S. The second kappa shape index (κ2) is 5.67. The highest BCUT2D eigenvalue weighted by molar-refractivity contribution is 7.16. The molecule has 5 heteroatoms. The van der Waals surface area contributed by atoms with Crippen LogP contribution in [0.3, 0.4) is 0 Å². The first-order valence-electron chi connectivity index (χ1n) is 5.95. The zero-order valence-electron chi connectivity index (χ0n) is 10.7. The molecule has 0 spiro atoms. The third-order valence-corrected chi connectivity index (χ3v) is 4.02. The van der Waals surface area contributed by atoms with Gasteiger partial charge in [0.1, 0.15) is 11.6 Å². The van der Waals surface area contributed by atoms with Gasteiger partial charge in [-0.1, -0.05) is 18.5 Å². The molecule has 0 saturated heterocycles. The van der Waals surface area contributed by atoms with Crippen molar-refractivity contribution in [2.75, 3.05) is 5.32 Å². The van der Waals surface area contributed by atoms with Crippen molar-refractivity contribution < 1.29 is 0 Å². The SMILES string of the molecule is CCc1nc(C)cc(NC(C)c2ccc(Cl)s2)n1. The van der Waals surface area contributed by atoms with Gasteiger partial charge < -0.3 is 5.32 Å². The highest BCUT2D eigenvalue weighted by Gasteiger charge is 2.09. The summed E-state index contributed by atoms with van der Waals surface area (Å²) in [7, 11) is 0. The fourth-order valence-electron chi connectivity index (χ4n) is 1.72. The van der Waals surface area contributed by atoms with Crippen LogP contribution < -0.4 is 5.32 Å². The van der Waals surface area contributed by atoms with Crippen LogP contribution in [0.1, 0.15) is 36.3 Å². The van der Waals surface area contributed by atoms with Crippen molar-refractivity contribution in [1.82, 2.24) is 9.97 Å². The molecule has 1 atom stereocenters. The molecule has 0 aliphatic heterocycles. The molecule has 0 aromatic carbocycles. The number of aromatic nitrogens is 2. The summed E-state index contributed by atoms with van der Waals surface area (Å²) in [5.41, 5.74) is 0.987. The van der Waals surface area contributed by atoms with Crippen LogP contribution in [0, 0.1) is 6.92 Å². The minimum Gasteiger partial charge on any atom is -0.363 e. The number of thiophene rings is 1. The normalized spacial score (nSPS) is 12.4. The first-order valence-corrected chi connectivity index (χ1v) is 7.14. The van der Waals surface area contributed by atoms with E-state index in [4.69, 9.17) is 11.6 Å². The van der Waals surface area contributed by atoms with Crippen LogP contribution in [-0.4, -0.2) is 9.97 Å². The highest BCUT2D eigenvalue weighted by Crippen LogP contribution is 2.28. The first-order chi connectivity index (χ1) is 8.58. The number of rotatable bonds is 4. The zero-order valence-corrected chi connectivity index (χ0v) is 12.3. The summed E-state index contributed by atoms with van der Waals surface area (Å²) < 4.78 is 0.812. The van der Waals surface area contributed by atoms with Crippen LogP contribution in [0.4, 0.5) is 5.82 Å². The van der Waals surface area contributed by atoms with E-state index in [9.17, 15) is 0 Å². The summed E-state index contributed by atoms with van der Waals surface area (Å²) in [4.78, 5) is 10.0. The fourth-order valence-corrected chi connectivity index (χ4v) is 2.78. The van der Waals surface area contributed by atoms with Crippen LogP contribution in [0.2, 0.25) is 4.34 Å². The van der Waals surface area contributed by atoms with E-state index in [1.807, 2.05) is 25.1 Å². The summed E-state index contributed by atoms with van der Waals surface area (Å²) in [6, 6.07) is 6.12. The lowest BCUT2D eigenvalue weighted by Crippen LogP contribution is -2.08. The van der Waals surface area contributed by atoms with Gasteiger partial charge in [0, 0.05) is 23.1 Å². The Morgan fingerprint density at radius 3 is 2.78 bits per heavy atom. The monoisotopic (exact) mass is 281 g/mol. The van der Waals surface area contributed by atoms with Gasteiger partial charge in [0.15, 0.2) is 0 Å². The van der Waals surface area contributed by atoms with Crippen molar-refractivity contribution >= 4 is 28.8 Å².